The highest BCUT2D eigenvalue weighted by atomic mass is 35.5. The molecule has 3 aromatic rings. The van der Waals surface area contributed by atoms with Crippen molar-refractivity contribution in [3.63, 3.8) is 0 Å². The van der Waals surface area contributed by atoms with Gasteiger partial charge in [0.05, 0.1) is 18.7 Å². The zero-order valence-corrected chi connectivity index (χ0v) is 18.0. The highest BCUT2D eigenvalue weighted by Gasteiger charge is 2.23. The first-order chi connectivity index (χ1) is 15.0. The Morgan fingerprint density at radius 1 is 1.10 bits per heavy atom. The van der Waals surface area contributed by atoms with Crippen LogP contribution in [-0.4, -0.2) is 36.3 Å². The summed E-state index contributed by atoms with van der Waals surface area (Å²) in [6.07, 6.45) is 3.42. The molecule has 9 heteroatoms. The first-order valence-electron chi connectivity index (χ1n) is 10.1. The number of ether oxygens (including phenoxy) is 2. The van der Waals surface area contributed by atoms with E-state index in [-0.39, 0.29) is 22.6 Å². The van der Waals surface area contributed by atoms with E-state index >= 15 is 0 Å². The molecule has 4 rings (SSSR count). The number of halogens is 3. The lowest BCUT2D eigenvalue weighted by atomic mass is 9.93. The highest BCUT2D eigenvalue weighted by Crippen LogP contribution is 2.37. The lowest BCUT2D eigenvalue weighted by Crippen LogP contribution is -2.35. The van der Waals surface area contributed by atoms with Crippen molar-refractivity contribution in [2.24, 2.45) is 5.92 Å². The average molecular weight is 449 g/mol. The highest BCUT2D eigenvalue weighted by molar-refractivity contribution is 6.30. The molecule has 6 nitrogen and oxygen atoms in total. The number of aromatic nitrogens is 2. The Bertz CT molecular complexity index is 1070. The van der Waals surface area contributed by atoms with Gasteiger partial charge in [0, 0.05) is 16.5 Å². The zero-order chi connectivity index (χ0) is 22.0. The second-order valence-corrected chi connectivity index (χ2v) is 7.96. The number of hydrogen-bond acceptors (Lipinski definition) is 6. The van der Waals surface area contributed by atoms with Gasteiger partial charge in [-0.25, -0.2) is 18.7 Å². The van der Waals surface area contributed by atoms with Crippen molar-refractivity contribution in [1.82, 2.24) is 15.3 Å². The number of methoxy groups -OCH3 is 1. The summed E-state index contributed by atoms with van der Waals surface area (Å²) in [4.78, 5) is 8.45. The molecule has 1 saturated heterocycles. The van der Waals surface area contributed by atoms with Crippen molar-refractivity contribution < 1.29 is 18.3 Å². The summed E-state index contributed by atoms with van der Waals surface area (Å²) in [5.41, 5.74) is 0.212. The van der Waals surface area contributed by atoms with Crippen LogP contribution < -0.4 is 20.1 Å². The van der Waals surface area contributed by atoms with E-state index in [0.717, 1.165) is 38.1 Å². The summed E-state index contributed by atoms with van der Waals surface area (Å²) in [6, 6.07) is 5.52. The number of piperidine rings is 1. The van der Waals surface area contributed by atoms with Crippen molar-refractivity contribution in [1.29, 1.82) is 0 Å². The van der Waals surface area contributed by atoms with Crippen LogP contribution >= 0.6 is 11.6 Å². The Labute approximate surface area is 183 Å². The molecule has 1 unspecified atom stereocenters. The van der Waals surface area contributed by atoms with E-state index < -0.39 is 11.6 Å². The SMILES string of the molecule is COc1cc2c(Nc3c(F)cc(Cl)cc3F)ncnc2cc1OC(C)C1CCNCC1. The summed E-state index contributed by atoms with van der Waals surface area (Å²) in [7, 11) is 1.54. The summed E-state index contributed by atoms with van der Waals surface area (Å²) >= 11 is 5.71. The molecular formula is C22H23ClF2N4O2. The van der Waals surface area contributed by atoms with E-state index in [2.05, 4.69) is 27.5 Å². The van der Waals surface area contributed by atoms with E-state index in [1.54, 1.807) is 19.2 Å². The van der Waals surface area contributed by atoms with E-state index in [0.29, 0.717) is 28.3 Å². The predicted octanol–water partition coefficient (Wildman–Crippen LogP) is 5.08. The van der Waals surface area contributed by atoms with E-state index in [4.69, 9.17) is 21.1 Å². The number of anilines is 2. The summed E-state index contributed by atoms with van der Waals surface area (Å²) in [5, 5.41) is 6.57. The molecule has 0 amide bonds. The molecule has 0 radical (unpaired) electrons. The molecule has 31 heavy (non-hydrogen) atoms. The lowest BCUT2D eigenvalue weighted by molar-refractivity contribution is 0.124. The predicted molar refractivity (Wildman–Crippen MR) is 116 cm³/mol. The van der Waals surface area contributed by atoms with Crippen LogP contribution in [0.3, 0.4) is 0 Å². The fourth-order valence-electron chi connectivity index (χ4n) is 3.81. The molecule has 0 saturated carbocycles. The van der Waals surface area contributed by atoms with Gasteiger partial charge in [-0.2, -0.15) is 0 Å². The molecule has 0 spiro atoms. The summed E-state index contributed by atoms with van der Waals surface area (Å²) in [5.74, 6) is 0.0955. The second-order valence-electron chi connectivity index (χ2n) is 7.52. The Kier molecular flexibility index (Phi) is 6.38. The first-order valence-corrected chi connectivity index (χ1v) is 10.5. The average Bonchev–Trinajstić information content (AvgIpc) is 2.76. The van der Waals surface area contributed by atoms with Crippen LogP contribution in [-0.2, 0) is 0 Å². The normalized spacial score (nSPS) is 15.6. The molecule has 0 bridgehead atoms. The topological polar surface area (TPSA) is 68.3 Å². The standard InChI is InChI=1S/C22H23ClF2N4O2/c1-12(13-3-5-26-6-4-13)31-20-10-18-15(9-19(20)30-2)22(28-11-27-18)29-21-16(24)7-14(23)8-17(21)25/h7-13,26H,3-6H2,1-2H3,(H,27,28,29). The fourth-order valence-corrected chi connectivity index (χ4v) is 4.00. The molecule has 164 valence electrons. The smallest absolute Gasteiger partial charge is 0.163 e. The summed E-state index contributed by atoms with van der Waals surface area (Å²) in [6.45, 7) is 4.01. The van der Waals surface area contributed by atoms with Gasteiger partial charge in [0.1, 0.15) is 17.8 Å². The number of nitrogens with zero attached hydrogens (tertiary/aromatic N) is 2. The maximum absolute atomic E-state index is 14.2. The Morgan fingerprint density at radius 2 is 1.81 bits per heavy atom. The molecule has 1 aromatic heterocycles. The van der Waals surface area contributed by atoms with Crippen LogP contribution in [0.15, 0.2) is 30.6 Å². The third kappa shape index (κ3) is 4.65. The van der Waals surface area contributed by atoms with Crippen molar-refractivity contribution in [2.75, 3.05) is 25.5 Å². The van der Waals surface area contributed by atoms with Gasteiger partial charge < -0.3 is 20.1 Å². The molecule has 1 fully saturated rings. The fraction of sp³-hybridized carbons (Fsp3) is 0.364. The minimum atomic E-state index is -0.820. The van der Waals surface area contributed by atoms with Gasteiger partial charge in [-0.05, 0) is 57.0 Å². The minimum Gasteiger partial charge on any atom is -0.493 e. The molecule has 2 aromatic carbocycles. The van der Waals surface area contributed by atoms with Gasteiger partial charge in [-0.1, -0.05) is 11.6 Å². The maximum Gasteiger partial charge on any atom is 0.163 e. The van der Waals surface area contributed by atoms with Crippen molar-refractivity contribution in [3.8, 4) is 11.5 Å². The lowest BCUT2D eigenvalue weighted by Gasteiger charge is -2.29. The van der Waals surface area contributed by atoms with Crippen molar-refractivity contribution in [2.45, 2.75) is 25.9 Å². The van der Waals surface area contributed by atoms with Gasteiger partial charge >= 0.3 is 0 Å². The Morgan fingerprint density at radius 3 is 2.48 bits per heavy atom. The van der Waals surface area contributed by atoms with E-state index in [9.17, 15) is 8.78 Å². The number of fused-ring (bicyclic) bond motifs is 1. The molecule has 1 aliphatic rings. The van der Waals surface area contributed by atoms with Gasteiger partial charge in [0.15, 0.2) is 23.1 Å². The van der Waals surface area contributed by atoms with Gasteiger partial charge in [-0.3, -0.25) is 0 Å². The largest absolute Gasteiger partial charge is 0.493 e. The zero-order valence-electron chi connectivity index (χ0n) is 17.2. The molecule has 1 aliphatic heterocycles. The summed E-state index contributed by atoms with van der Waals surface area (Å²) < 4.78 is 40.2. The maximum atomic E-state index is 14.2. The first kappa shape index (κ1) is 21.5. The minimum absolute atomic E-state index is 0.00476. The molecular weight excluding hydrogens is 426 g/mol. The Balaban J connectivity index is 1.67. The molecule has 2 N–H and O–H groups in total. The van der Waals surface area contributed by atoms with E-state index in [1.165, 1.54) is 6.33 Å². The Hall–Kier alpha value is -2.71. The monoisotopic (exact) mass is 448 g/mol. The molecule has 0 aliphatic carbocycles. The number of hydrogen-bond donors (Lipinski definition) is 2. The van der Waals surface area contributed by atoms with Crippen LogP contribution in [0.2, 0.25) is 5.02 Å². The van der Waals surface area contributed by atoms with Crippen LogP contribution in [0.1, 0.15) is 19.8 Å². The van der Waals surface area contributed by atoms with Gasteiger partial charge in [-0.15, -0.1) is 0 Å². The number of benzene rings is 2. The molecule has 2 heterocycles. The second kappa shape index (κ2) is 9.20. The van der Waals surface area contributed by atoms with Crippen LogP contribution in [0.4, 0.5) is 20.3 Å². The van der Waals surface area contributed by atoms with Crippen LogP contribution in [0.5, 0.6) is 11.5 Å². The van der Waals surface area contributed by atoms with Gasteiger partial charge in [0.2, 0.25) is 0 Å². The van der Waals surface area contributed by atoms with E-state index in [1.807, 2.05) is 0 Å². The molecule has 1 atom stereocenters. The number of nitrogens with one attached hydrogen (secondary N) is 2. The third-order valence-electron chi connectivity index (χ3n) is 5.53. The third-order valence-corrected chi connectivity index (χ3v) is 5.75. The van der Waals surface area contributed by atoms with Crippen LogP contribution in [0.25, 0.3) is 10.9 Å². The number of rotatable bonds is 6. The van der Waals surface area contributed by atoms with Crippen molar-refractivity contribution >= 4 is 34.0 Å². The van der Waals surface area contributed by atoms with Crippen LogP contribution in [0, 0.1) is 17.6 Å². The van der Waals surface area contributed by atoms with Gasteiger partial charge in [0.25, 0.3) is 0 Å². The quantitative estimate of drug-likeness (QED) is 0.548. The van der Waals surface area contributed by atoms with Crippen molar-refractivity contribution in [3.05, 3.63) is 47.2 Å².